The van der Waals surface area contributed by atoms with Gasteiger partial charge in [0.25, 0.3) is 0 Å². The third-order valence-corrected chi connectivity index (χ3v) is 15.8. The van der Waals surface area contributed by atoms with E-state index in [9.17, 15) is 14.4 Å². The normalized spacial score (nSPS) is 12.4. The van der Waals surface area contributed by atoms with Crippen LogP contribution in [0, 0.1) is 0 Å². The van der Waals surface area contributed by atoms with E-state index >= 15 is 0 Å². The molecular weight excluding hydrogens is 985 g/mol. The first kappa shape index (κ1) is 77.1. The van der Waals surface area contributed by atoms with Gasteiger partial charge in [-0.1, -0.05) is 351 Å². The summed E-state index contributed by atoms with van der Waals surface area (Å²) in [7, 11) is 0. The fourth-order valence-corrected chi connectivity index (χ4v) is 10.5. The molecule has 0 aromatic heterocycles. The second-order valence-electron chi connectivity index (χ2n) is 23.8. The molecule has 0 aromatic carbocycles. The molecule has 0 rings (SSSR count). The lowest BCUT2D eigenvalue weighted by Crippen LogP contribution is -2.30. The van der Waals surface area contributed by atoms with Crippen LogP contribution in [-0.4, -0.2) is 37.2 Å². The van der Waals surface area contributed by atoms with Crippen molar-refractivity contribution < 1.29 is 28.6 Å². The van der Waals surface area contributed by atoms with Crippen molar-refractivity contribution in [3.63, 3.8) is 0 Å². The third-order valence-electron chi connectivity index (χ3n) is 15.8. The van der Waals surface area contributed by atoms with Gasteiger partial charge in [0, 0.05) is 19.3 Å². The molecule has 0 heterocycles. The van der Waals surface area contributed by atoms with Crippen LogP contribution in [0.15, 0.2) is 60.8 Å². The molecule has 0 aromatic rings. The molecule has 0 saturated carbocycles. The summed E-state index contributed by atoms with van der Waals surface area (Å²) in [6.07, 6.45) is 88.2. The van der Waals surface area contributed by atoms with E-state index < -0.39 is 6.10 Å². The first-order valence-electron chi connectivity index (χ1n) is 35.3. The van der Waals surface area contributed by atoms with Crippen molar-refractivity contribution in [2.45, 2.75) is 380 Å². The molecule has 80 heavy (non-hydrogen) atoms. The molecule has 0 aliphatic carbocycles. The first-order chi connectivity index (χ1) is 39.5. The lowest BCUT2D eigenvalue weighted by atomic mass is 10.0. The van der Waals surface area contributed by atoms with Crippen LogP contribution in [0.3, 0.4) is 0 Å². The van der Waals surface area contributed by atoms with E-state index in [-0.39, 0.29) is 31.1 Å². The lowest BCUT2D eigenvalue weighted by Gasteiger charge is -2.18. The summed E-state index contributed by atoms with van der Waals surface area (Å²) >= 11 is 0. The Hall–Kier alpha value is -2.89. The topological polar surface area (TPSA) is 78.9 Å². The van der Waals surface area contributed by atoms with E-state index in [0.29, 0.717) is 19.3 Å². The Balaban J connectivity index is 4.29. The molecule has 1 atom stereocenters. The van der Waals surface area contributed by atoms with Crippen molar-refractivity contribution in [1.29, 1.82) is 0 Å². The van der Waals surface area contributed by atoms with Crippen LogP contribution in [0.25, 0.3) is 0 Å². The van der Waals surface area contributed by atoms with Gasteiger partial charge in [-0.2, -0.15) is 0 Å². The fraction of sp³-hybridized carbons (Fsp3) is 0.824. The summed E-state index contributed by atoms with van der Waals surface area (Å²) in [5.41, 5.74) is 0. The number of hydrogen-bond acceptors (Lipinski definition) is 6. The van der Waals surface area contributed by atoms with Crippen LogP contribution >= 0.6 is 0 Å². The highest BCUT2D eigenvalue weighted by atomic mass is 16.6. The van der Waals surface area contributed by atoms with Gasteiger partial charge in [-0.05, 0) is 64.2 Å². The molecule has 466 valence electrons. The van der Waals surface area contributed by atoms with Gasteiger partial charge in [0.05, 0.1) is 0 Å². The molecule has 0 amide bonds. The van der Waals surface area contributed by atoms with Crippen molar-refractivity contribution >= 4 is 17.9 Å². The first-order valence-corrected chi connectivity index (χ1v) is 35.3. The average molecular weight is 1120 g/mol. The SMILES string of the molecule is CC/C=C\C/C=C\C/C=C\C/C=C\C/C=C\CCCCCCCCCC(=O)OC(COC(=O)CCCCCCCCCCCCCCCC)COC(=O)CCCCCCCCCCCCCCCCCCCCCCCCCCC. The van der Waals surface area contributed by atoms with Crippen molar-refractivity contribution in [3.8, 4) is 0 Å². The number of hydrogen-bond donors (Lipinski definition) is 0. The summed E-state index contributed by atoms with van der Waals surface area (Å²) in [6.45, 7) is 6.59. The van der Waals surface area contributed by atoms with Crippen molar-refractivity contribution in [2.24, 2.45) is 0 Å². The standard InChI is InChI=1S/C74H134O6/c1-4-7-10-13-16-19-22-25-28-30-32-34-36-37-39-40-42-44-46-49-52-55-58-61-64-67-73(76)79-70-71(69-78-72(75)66-63-60-57-54-51-48-27-24-21-18-15-12-9-6-3)80-74(77)68-65-62-59-56-53-50-47-45-43-41-38-35-33-31-29-26-23-20-17-14-11-8-5-2/h8,11,17,20,26,29,33,35,41,43,71H,4-7,9-10,12-16,18-19,21-25,27-28,30-32,34,36-40,42,44-70H2,1-3H3/b11-8-,20-17-,29-26-,35-33-,43-41-. The Morgan fingerprint density at radius 2 is 0.487 bits per heavy atom. The Bertz CT molecular complexity index is 1430. The van der Waals surface area contributed by atoms with E-state index in [1.807, 2.05) is 0 Å². The second-order valence-corrected chi connectivity index (χ2v) is 23.8. The van der Waals surface area contributed by atoms with Gasteiger partial charge in [0.15, 0.2) is 6.10 Å². The summed E-state index contributed by atoms with van der Waals surface area (Å²) in [6, 6.07) is 0. The van der Waals surface area contributed by atoms with Crippen LogP contribution in [0.2, 0.25) is 0 Å². The highest BCUT2D eigenvalue weighted by Gasteiger charge is 2.19. The number of allylic oxidation sites excluding steroid dienone is 10. The van der Waals surface area contributed by atoms with Gasteiger partial charge in [-0.3, -0.25) is 14.4 Å². The van der Waals surface area contributed by atoms with Crippen LogP contribution < -0.4 is 0 Å². The Morgan fingerprint density at radius 1 is 0.263 bits per heavy atom. The molecular formula is C74H134O6. The third kappa shape index (κ3) is 65.9. The van der Waals surface area contributed by atoms with E-state index in [1.165, 1.54) is 238 Å². The smallest absolute Gasteiger partial charge is 0.306 e. The average Bonchev–Trinajstić information content (AvgIpc) is 3.46. The molecule has 0 fully saturated rings. The maximum absolute atomic E-state index is 13.0. The van der Waals surface area contributed by atoms with E-state index in [4.69, 9.17) is 14.2 Å². The monoisotopic (exact) mass is 1120 g/mol. The largest absolute Gasteiger partial charge is 0.462 e. The summed E-state index contributed by atoms with van der Waals surface area (Å²) in [4.78, 5) is 38.4. The molecule has 0 aliphatic heterocycles. The zero-order chi connectivity index (χ0) is 57.8. The van der Waals surface area contributed by atoms with Gasteiger partial charge in [0.2, 0.25) is 0 Å². The van der Waals surface area contributed by atoms with Gasteiger partial charge in [-0.25, -0.2) is 0 Å². The molecule has 1 unspecified atom stereocenters. The number of esters is 3. The molecule has 0 spiro atoms. The summed E-state index contributed by atoms with van der Waals surface area (Å²) < 4.78 is 17.0. The predicted molar refractivity (Wildman–Crippen MR) is 348 cm³/mol. The van der Waals surface area contributed by atoms with Gasteiger partial charge in [-0.15, -0.1) is 0 Å². The highest BCUT2D eigenvalue weighted by molar-refractivity contribution is 5.71. The van der Waals surface area contributed by atoms with Crippen molar-refractivity contribution in [3.05, 3.63) is 60.8 Å². The maximum atomic E-state index is 13.0. The van der Waals surface area contributed by atoms with Crippen molar-refractivity contribution in [1.82, 2.24) is 0 Å². The minimum Gasteiger partial charge on any atom is -0.462 e. The number of carbonyl (C=O) groups is 3. The van der Waals surface area contributed by atoms with Crippen LogP contribution in [0.4, 0.5) is 0 Å². The molecule has 0 N–H and O–H groups in total. The minimum absolute atomic E-state index is 0.0736. The fourth-order valence-electron chi connectivity index (χ4n) is 10.5. The number of unbranched alkanes of at least 4 members (excludes halogenated alkanes) is 44. The number of ether oxygens (including phenoxy) is 3. The van der Waals surface area contributed by atoms with E-state index in [0.717, 1.165) is 96.3 Å². The highest BCUT2D eigenvalue weighted by Crippen LogP contribution is 2.18. The molecule has 0 radical (unpaired) electrons. The zero-order valence-electron chi connectivity index (χ0n) is 53.6. The minimum atomic E-state index is -0.779. The Kier molecular flexibility index (Phi) is 66.1. The summed E-state index contributed by atoms with van der Waals surface area (Å²) in [5.74, 6) is -0.859. The van der Waals surface area contributed by atoms with E-state index in [1.54, 1.807) is 0 Å². The van der Waals surface area contributed by atoms with Crippen LogP contribution in [-0.2, 0) is 28.6 Å². The molecule has 6 nitrogen and oxygen atoms in total. The zero-order valence-corrected chi connectivity index (χ0v) is 53.6. The van der Waals surface area contributed by atoms with Crippen LogP contribution in [0.5, 0.6) is 0 Å². The van der Waals surface area contributed by atoms with Crippen molar-refractivity contribution in [2.75, 3.05) is 13.2 Å². The van der Waals surface area contributed by atoms with Crippen LogP contribution in [0.1, 0.15) is 374 Å². The number of rotatable bonds is 65. The van der Waals surface area contributed by atoms with Gasteiger partial charge < -0.3 is 14.2 Å². The molecule has 0 bridgehead atoms. The molecule has 0 saturated heterocycles. The Morgan fingerprint density at radius 3 is 0.762 bits per heavy atom. The quantitative estimate of drug-likeness (QED) is 0.0261. The predicted octanol–water partition coefficient (Wildman–Crippen LogP) is 24.3. The maximum Gasteiger partial charge on any atom is 0.306 e. The summed E-state index contributed by atoms with van der Waals surface area (Å²) in [5, 5.41) is 0. The lowest BCUT2D eigenvalue weighted by molar-refractivity contribution is -0.167. The number of carbonyl (C=O) groups excluding carboxylic acids is 3. The molecule has 0 aliphatic rings. The molecule has 6 heteroatoms. The Labute approximate surface area is 498 Å². The van der Waals surface area contributed by atoms with E-state index in [2.05, 4.69) is 81.5 Å². The van der Waals surface area contributed by atoms with Gasteiger partial charge >= 0.3 is 17.9 Å². The second kappa shape index (κ2) is 68.6. The van der Waals surface area contributed by atoms with Gasteiger partial charge in [0.1, 0.15) is 13.2 Å².